The predicted molar refractivity (Wildman–Crippen MR) is 105 cm³/mol. The Bertz CT molecular complexity index is 978. The average Bonchev–Trinajstić information content (AvgIpc) is 2.63. The number of amides is 2. The first-order valence-corrected chi connectivity index (χ1v) is 8.53. The Balaban J connectivity index is 1.92. The molecule has 26 heavy (non-hydrogen) atoms. The molecule has 0 aliphatic heterocycles. The Hall–Kier alpha value is -3.28. The molecule has 6 heteroatoms. The SMILES string of the molecule is CCCNc1c(NC(=O)Nc2ccc(C)cc2)c(=O)oc2ccccc12. The third kappa shape index (κ3) is 3.85. The molecule has 1 aromatic heterocycles. The van der Waals surface area contributed by atoms with Gasteiger partial charge in [0.15, 0.2) is 5.69 Å². The number of fused-ring (bicyclic) bond motifs is 1. The van der Waals surface area contributed by atoms with E-state index in [4.69, 9.17) is 4.42 Å². The van der Waals surface area contributed by atoms with Gasteiger partial charge in [0.2, 0.25) is 0 Å². The lowest BCUT2D eigenvalue weighted by atomic mass is 10.2. The molecule has 0 aliphatic rings. The maximum absolute atomic E-state index is 12.4. The summed E-state index contributed by atoms with van der Waals surface area (Å²) >= 11 is 0. The zero-order chi connectivity index (χ0) is 18.5. The van der Waals surface area contributed by atoms with Crippen molar-refractivity contribution in [3.63, 3.8) is 0 Å². The van der Waals surface area contributed by atoms with E-state index in [1.807, 2.05) is 38.1 Å². The summed E-state index contributed by atoms with van der Waals surface area (Å²) in [6.07, 6.45) is 0.879. The number of hydrogen-bond acceptors (Lipinski definition) is 4. The summed E-state index contributed by atoms with van der Waals surface area (Å²) in [5, 5.41) is 9.30. The van der Waals surface area contributed by atoms with Crippen LogP contribution >= 0.6 is 0 Å². The van der Waals surface area contributed by atoms with Gasteiger partial charge in [-0.1, -0.05) is 36.8 Å². The number of anilines is 3. The molecule has 134 valence electrons. The van der Waals surface area contributed by atoms with E-state index >= 15 is 0 Å². The second kappa shape index (κ2) is 7.74. The molecule has 0 bridgehead atoms. The van der Waals surface area contributed by atoms with Crippen LogP contribution in [0.3, 0.4) is 0 Å². The summed E-state index contributed by atoms with van der Waals surface area (Å²) in [5.41, 5.74) is 2.28. The normalized spacial score (nSPS) is 10.5. The highest BCUT2D eigenvalue weighted by molar-refractivity contribution is 6.05. The van der Waals surface area contributed by atoms with Crippen LogP contribution in [0.15, 0.2) is 57.7 Å². The molecule has 1 heterocycles. The highest BCUT2D eigenvalue weighted by atomic mass is 16.4. The number of urea groups is 1. The van der Waals surface area contributed by atoms with E-state index in [1.54, 1.807) is 24.3 Å². The lowest BCUT2D eigenvalue weighted by Crippen LogP contribution is -2.24. The van der Waals surface area contributed by atoms with E-state index in [2.05, 4.69) is 16.0 Å². The largest absolute Gasteiger partial charge is 0.421 e. The highest BCUT2D eigenvalue weighted by Crippen LogP contribution is 2.28. The molecule has 2 amide bonds. The minimum atomic E-state index is -0.596. The third-order valence-corrected chi connectivity index (χ3v) is 3.91. The molecule has 3 rings (SSSR count). The Morgan fingerprint density at radius 2 is 1.73 bits per heavy atom. The summed E-state index contributed by atoms with van der Waals surface area (Å²) in [6.45, 7) is 4.66. The molecule has 0 unspecified atom stereocenters. The summed E-state index contributed by atoms with van der Waals surface area (Å²) in [5.74, 6) is 0. The van der Waals surface area contributed by atoms with Crippen molar-refractivity contribution in [3.05, 3.63) is 64.5 Å². The van der Waals surface area contributed by atoms with Crippen molar-refractivity contribution >= 4 is 34.1 Å². The van der Waals surface area contributed by atoms with Gasteiger partial charge in [-0.15, -0.1) is 0 Å². The summed E-state index contributed by atoms with van der Waals surface area (Å²) in [4.78, 5) is 24.8. The maximum Gasteiger partial charge on any atom is 0.362 e. The fourth-order valence-electron chi connectivity index (χ4n) is 2.61. The van der Waals surface area contributed by atoms with E-state index in [1.165, 1.54) is 0 Å². The van der Waals surface area contributed by atoms with Gasteiger partial charge in [-0.05, 0) is 37.6 Å². The van der Waals surface area contributed by atoms with Gasteiger partial charge in [-0.3, -0.25) is 5.32 Å². The zero-order valence-electron chi connectivity index (χ0n) is 14.8. The summed E-state index contributed by atoms with van der Waals surface area (Å²) < 4.78 is 5.34. The molecule has 0 spiro atoms. The molecule has 0 radical (unpaired) electrons. The van der Waals surface area contributed by atoms with Gasteiger partial charge in [0, 0.05) is 17.6 Å². The summed E-state index contributed by atoms with van der Waals surface area (Å²) in [6, 6.07) is 14.1. The summed E-state index contributed by atoms with van der Waals surface area (Å²) in [7, 11) is 0. The molecule has 0 atom stereocenters. The van der Waals surface area contributed by atoms with Crippen LogP contribution in [0, 0.1) is 6.92 Å². The van der Waals surface area contributed by atoms with E-state index in [0.29, 0.717) is 23.5 Å². The second-order valence-corrected chi connectivity index (χ2v) is 6.01. The molecular formula is C20H21N3O3. The number of carbonyl (C=O) groups excluding carboxylic acids is 1. The van der Waals surface area contributed by atoms with Crippen LogP contribution in [0.1, 0.15) is 18.9 Å². The van der Waals surface area contributed by atoms with Gasteiger partial charge >= 0.3 is 11.7 Å². The van der Waals surface area contributed by atoms with Gasteiger partial charge in [0.25, 0.3) is 0 Å². The first-order chi connectivity index (χ1) is 12.6. The molecule has 0 aliphatic carbocycles. The second-order valence-electron chi connectivity index (χ2n) is 6.01. The fourth-order valence-corrected chi connectivity index (χ4v) is 2.61. The lowest BCUT2D eigenvalue weighted by Gasteiger charge is -2.14. The minimum absolute atomic E-state index is 0.0989. The molecule has 3 aromatic rings. The molecule has 6 nitrogen and oxygen atoms in total. The van der Waals surface area contributed by atoms with Crippen LogP contribution < -0.4 is 21.6 Å². The van der Waals surface area contributed by atoms with Gasteiger partial charge in [0.1, 0.15) is 5.58 Å². The Labute approximate surface area is 151 Å². The lowest BCUT2D eigenvalue weighted by molar-refractivity contribution is 0.262. The van der Waals surface area contributed by atoms with Crippen LogP contribution in [0.4, 0.5) is 21.9 Å². The minimum Gasteiger partial charge on any atom is -0.421 e. The highest BCUT2D eigenvalue weighted by Gasteiger charge is 2.16. The number of hydrogen-bond donors (Lipinski definition) is 3. The standard InChI is InChI=1S/C20H21N3O3/c1-3-12-21-17-15-6-4-5-7-16(15)26-19(24)18(17)23-20(25)22-14-10-8-13(2)9-11-14/h4-11,21H,3,12H2,1-2H3,(H2,22,23,25). The number of carbonyl (C=O) groups is 1. The van der Waals surface area contributed by atoms with Crippen LogP contribution in [-0.4, -0.2) is 12.6 Å². The van der Waals surface area contributed by atoms with Crippen molar-refractivity contribution in [2.45, 2.75) is 20.3 Å². The van der Waals surface area contributed by atoms with Gasteiger partial charge < -0.3 is 15.1 Å². The average molecular weight is 351 g/mol. The van der Waals surface area contributed by atoms with E-state index in [0.717, 1.165) is 17.4 Å². The Morgan fingerprint density at radius 1 is 1.00 bits per heavy atom. The molecule has 0 saturated heterocycles. The van der Waals surface area contributed by atoms with Gasteiger partial charge in [-0.2, -0.15) is 0 Å². The molecule has 0 fully saturated rings. The topological polar surface area (TPSA) is 83.4 Å². The predicted octanol–water partition coefficient (Wildman–Crippen LogP) is 4.57. The smallest absolute Gasteiger partial charge is 0.362 e. The maximum atomic E-state index is 12.4. The first-order valence-electron chi connectivity index (χ1n) is 8.53. The van der Waals surface area contributed by atoms with Crippen molar-refractivity contribution in [1.29, 1.82) is 0 Å². The Kier molecular flexibility index (Phi) is 5.22. The van der Waals surface area contributed by atoms with Gasteiger partial charge in [-0.25, -0.2) is 9.59 Å². The number of aryl methyl sites for hydroxylation is 1. The quantitative estimate of drug-likeness (QED) is 0.588. The van der Waals surface area contributed by atoms with Crippen LogP contribution in [0.5, 0.6) is 0 Å². The van der Waals surface area contributed by atoms with Gasteiger partial charge in [0.05, 0.1) is 5.69 Å². The van der Waals surface area contributed by atoms with Crippen molar-refractivity contribution < 1.29 is 9.21 Å². The number of para-hydroxylation sites is 1. The van der Waals surface area contributed by atoms with Crippen molar-refractivity contribution in [1.82, 2.24) is 0 Å². The molecule has 3 N–H and O–H groups in total. The van der Waals surface area contributed by atoms with Crippen LogP contribution in [0.25, 0.3) is 11.0 Å². The zero-order valence-corrected chi connectivity index (χ0v) is 14.8. The van der Waals surface area contributed by atoms with E-state index in [9.17, 15) is 9.59 Å². The molecular weight excluding hydrogens is 330 g/mol. The third-order valence-electron chi connectivity index (χ3n) is 3.91. The first kappa shape index (κ1) is 17.5. The number of rotatable bonds is 5. The van der Waals surface area contributed by atoms with Crippen molar-refractivity contribution in [2.24, 2.45) is 0 Å². The van der Waals surface area contributed by atoms with Crippen molar-refractivity contribution in [2.75, 3.05) is 22.5 Å². The van der Waals surface area contributed by atoms with Crippen LogP contribution in [0.2, 0.25) is 0 Å². The van der Waals surface area contributed by atoms with E-state index in [-0.39, 0.29) is 5.69 Å². The number of benzene rings is 2. The monoisotopic (exact) mass is 351 g/mol. The molecule has 0 saturated carbocycles. The Morgan fingerprint density at radius 3 is 2.46 bits per heavy atom. The van der Waals surface area contributed by atoms with Crippen LogP contribution in [-0.2, 0) is 0 Å². The number of nitrogens with one attached hydrogen (secondary N) is 3. The molecule has 2 aromatic carbocycles. The van der Waals surface area contributed by atoms with Crippen molar-refractivity contribution in [3.8, 4) is 0 Å². The van der Waals surface area contributed by atoms with E-state index < -0.39 is 11.7 Å². The fraction of sp³-hybridized carbons (Fsp3) is 0.200.